The Morgan fingerprint density at radius 2 is 1.68 bits per heavy atom. The number of methoxy groups -OCH3 is 1. The molecule has 2 heterocycles. The maximum atomic E-state index is 14.0. The minimum atomic E-state index is -4.84. The van der Waals surface area contributed by atoms with Crippen molar-refractivity contribution in [2.75, 3.05) is 12.4 Å². The van der Waals surface area contributed by atoms with Crippen LogP contribution >= 0.6 is 0 Å². The van der Waals surface area contributed by atoms with E-state index < -0.39 is 28.5 Å². The molecule has 172 valence electrons. The number of hydrogen-bond donors (Lipinski definition) is 1. The molecule has 0 spiro atoms. The maximum Gasteiger partial charge on any atom is 0.417 e. The first-order chi connectivity index (χ1) is 16.3. The number of aromatic nitrogens is 2. The van der Waals surface area contributed by atoms with E-state index >= 15 is 0 Å². The predicted molar refractivity (Wildman–Crippen MR) is 123 cm³/mol. The lowest BCUT2D eigenvalue weighted by molar-refractivity contribution is -0.136. The Kier molecular flexibility index (Phi) is 6.18. The van der Waals surface area contributed by atoms with Crippen LogP contribution in [-0.4, -0.2) is 22.6 Å². The summed E-state index contributed by atoms with van der Waals surface area (Å²) in [6.45, 7) is 0. The number of alkyl halides is 3. The zero-order valence-electron chi connectivity index (χ0n) is 17.8. The summed E-state index contributed by atoms with van der Waals surface area (Å²) < 4.78 is 48.0. The number of carbonyl (C=O) groups is 1. The van der Waals surface area contributed by atoms with Crippen molar-refractivity contribution in [3.05, 3.63) is 100 Å². The van der Waals surface area contributed by atoms with E-state index in [1.54, 1.807) is 54.6 Å². The van der Waals surface area contributed by atoms with E-state index in [2.05, 4.69) is 15.0 Å². The molecule has 0 bridgehead atoms. The molecule has 0 aliphatic heterocycles. The predicted octanol–water partition coefficient (Wildman–Crippen LogP) is 5.33. The number of para-hydroxylation sites is 2. The fraction of sp³-hybridized carbons (Fsp3) is 0.0800. The summed E-state index contributed by atoms with van der Waals surface area (Å²) in [5.74, 6) is -0.528. The minimum Gasteiger partial charge on any atom is -0.466 e. The number of carbonyl (C=O) groups excluding carboxylic acids is 1. The maximum absolute atomic E-state index is 14.0. The Hall–Kier alpha value is -4.40. The van der Waals surface area contributed by atoms with Gasteiger partial charge in [0.25, 0.3) is 0 Å². The van der Waals surface area contributed by atoms with Gasteiger partial charge in [0.2, 0.25) is 0 Å². The highest BCUT2D eigenvalue weighted by molar-refractivity contribution is 5.89. The van der Waals surface area contributed by atoms with Crippen LogP contribution in [0.25, 0.3) is 22.8 Å². The van der Waals surface area contributed by atoms with Gasteiger partial charge in [0.15, 0.2) is 11.1 Å². The van der Waals surface area contributed by atoms with E-state index in [1.165, 1.54) is 4.57 Å². The molecule has 34 heavy (non-hydrogen) atoms. The number of halogens is 3. The SMILES string of the molecule is COC(=O)C=Cc1cc(C(F)(F)F)c2c(=O)cc(Nc3ccccc3)n(-c3ccccc3)c2n1. The number of rotatable bonds is 5. The second-order valence-electron chi connectivity index (χ2n) is 7.20. The molecule has 0 saturated heterocycles. The lowest BCUT2D eigenvalue weighted by Crippen LogP contribution is -2.19. The summed E-state index contributed by atoms with van der Waals surface area (Å²) in [6, 6.07) is 19.3. The van der Waals surface area contributed by atoms with Crippen molar-refractivity contribution in [2.45, 2.75) is 6.18 Å². The van der Waals surface area contributed by atoms with E-state index in [4.69, 9.17) is 0 Å². The summed E-state index contributed by atoms with van der Waals surface area (Å²) >= 11 is 0. The van der Waals surface area contributed by atoms with E-state index in [0.717, 1.165) is 31.4 Å². The summed E-state index contributed by atoms with van der Waals surface area (Å²) in [5, 5.41) is 2.51. The Balaban J connectivity index is 2.09. The summed E-state index contributed by atoms with van der Waals surface area (Å²) in [6.07, 6.45) is -2.76. The first-order valence-corrected chi connectivity index (χ1v) is 10.1. The molecule has 0 unspecified atom stereocenters. The normalized spacial score (nSPS) is 11.6. The van der Waals surface area contributed by atoms with Gasteiger partial charge < -0.3 is 10.1 Å². The van der Waals surface area contributed by atoms with Gasteiger partial charge in [-0.25, -0.2) is 9.78 Å². The average Bonchev–Trinajstić information content (AvgIpc) is 2.82. The largest absolute Gasteiger partial charge is 0.466 e. The number of esters is 1. The number of nitrogens with one attached hydrogen (secondary N) is 1. The number of anilines is 2. The zero-order chi connectivity index (χ0) is 24.3. The molecule has 0 aliphatic rings. The number of pyridine rings is 2. The second-order valence-corrected chi connectivity index (χ2v) is 7.20. The summed E-state index contributed by atoms with van der Waals surface area (Å²) in [5.41, 5.74) is -1.25. The highest BCUT2D eigenvalue weighted by atomic mass is 19.4. The Morgan fingerprint density at radius 3 is 2.29 bits per heavy atom. The smallest absolute Gasteiger partial charge is 0.417 e. The standard InChI is InChI=1S/C25H18F3N3O3/c1-34-22(33)13-12-17-14-19(25(26,27)28)23-20(32)15-21(29-16-8-4-2-5-9-16)31(24(23)30-17)18-10-6-3-7-11-18/h2-15,29H,1H3. The van der Waals surface area contributed by atoms with Crippen LogP contribution in [0, 0.1) is 0 Å². The number of ether oxygens (including phenoxy) is 1. The van der Waals surface area contributed by atoms with Gasteiger partial charge in [-0.2, -0.15) is 13.2 Å². The van der Waals surface area contributed by atoms with Gasteiger partial charge in [0.1, 0.15) is 5.82 Å². The molecule has 4 aromatic rings. The van der Waals surface area contributed by atoms with E-state index in [-0.39, 0.29) is 17.2 Å². The third kappa shape index (κ3) is 4.68. The zero-order valence-corrected chi connectivity index (χ0v) is 17.8. The third-order valence-electron chi connectivity index (χ3n) is 4.94. The van der Waals surface area contributed by atoms with Gasteiger partial charge in [0, 0.05) is 23.5 Å². The molecule has 0 atom stereocenters. The van der Waals surface area contributed by atoms with E-state index in [0.29, 0.717) is 11.4 Å². The lowest BCUT2D eigenvalue weighted by Gasteiger charge is -2.20. The van der Waals surface area contributed by atoms with Gasteiger partial charge in [-0.1, -0.05) is 36.4 Å². The summed E-state index contributed by atoms with van der Waals surface area (Å²) in [4.78, 5) is 28.8. The van der Waals surface area contributed by atoms with Gasteiger partial charge >= 0.3 is 12.1 Å². The third-order valence-corrected chi connectivity index (χ3v) is 4.94. The molecule has 0 fully saturated rings. The van der Waals surface area contributed by atoms with Crippen LogP contribution < -0.4 is 10.7 Å². The quantitative estimate of drug-likeness (QED) is 0.318. The average molecular weight is 465 g/mol. The van der Waals surface area contributed by atoms with E-state index in [9.17, 15) is 22.8 Å². The van der Waals surface area contributed by atoms with Crippen LogP contribution in [0.4, 0.5) is 24.7 Å². The fourth-order valence-electron chi connectivity index (χ4n) is 3.46. The van der Waals surface area contributed by atoms with Crippen LogP contribution in [0.15, 0.2) is 83.7 Å². The van der Waals surface area contributed by atoms with Crippen LogP contribution in [0.2, 0.25) is 0 Å². The van der Waals surface area contributed by atoms with Crippen molar-refractivity contribution in [3.63, 3.8) is 0 Å². The lowest BCUT2D eigenvalue weighted by atomic mass is 10.1. The molecule has 2 aromatic carbocycles. The van der Waals surface area contributed by atoms with Crippen molar-refractivity contribution in [1.82, 2.24) is 9.55 Å². The molecule has 9 heteroatoms. The highest BCUT2D eigenvalue weighted by Crippen LogP contribution is 2.35. The number of nitrogens with zero attached hydrogens (tertiary/aromatic N) is 2. The molecule has 6 nitrogen and oxygen atoms in total. The minimum absolute atomic E-state index is 0.161. The number of benzene rings is 2. The molecular formula is C25H18F3N3O3. The van der Waals surface area contributed by atoms with Crippen LogP contribution in [0.5, 0.6) is 0 Å². The van der Waals surface area contributed by atoms with E-state index in [1.807, 2.05) is 6.07 Å². The molecular weight excluding hydrogens is 447 g/mol. The monoisotopic (exact) mass is 465 g/mol. The summed E-state index contributed by atoms with van der Waals surface area (Å²) in [7, 11) is 1.15. The number of fused-ring (bicyclic) bond motifs is 1. The van der Waals surface area contributed by atoms with Gasteiger partial charge in [-0.05, 0) is 36.4 Å². The Bertz CT molecular complexity index is 1430. The van der Waals surface area contributed by atoms with Gasteiger partial charge in [-0.3, -0.25) is 9.36 Å². The van der Waals surface area contributed by atoms with Crippen molar-refractivity contribution in [3.8, 4) is 5.69 Å². The fourth-order valence-corrected chi connectivity index (χ4v) is 3.46. The van der Waals surface area contributed by atoms with Crippen molar-refractivity contribution < 1.29 is 22.7 Å². The molecule has 0 amide bonds. The Morgan fingerprint density at radius 1 is 1.03 bits per heavy atom. The van der Waals surface area contributed by atoms with Crippen molar-refractivity contribution in [1.29, 1.82) is 0 Å². The molecule has 0 saturated carbocycles. The van der Waals surface area contributed by atoms with Crippen LogP contribution in [0.1, 0.15) is 11.3 Å². The molecule has 0 radical (unpaired) electrons. The molecule has 2 aromatic heterocycles. The van der Waals surface area contributed by atoms with Gasteiger partial charge in [-0.15, -0.1) is 0 Å². The van der Waals surface area contributed by atoms with Gasteiger partial charge in [0.05, 0.1) is 23.8 Å². The first kappa shape index (κ1) is 22.8. The molecule has 0 aliphatic carbocycles. The second kappa shape index (κ2) is 9.22. The van der Waals surface area contributed by atoms with Crippen LogP contribution in [-0.2, 0) is 15.7 Å². The molecule has 4 rings (SSSR count). The number of hydrogen-bond acceptors (Lipinski definition) is 5. The highest BCUT2D eigenvalue weighted by Gasteiger charge is 2.35. The topological polar surface area (TPSA) is 73.2 Å². The Labute approximate surface area is 191 Å². The van der Waals surface area contributed by atoms with Crippen molar-refractivity contribution in [2.24, 2.45) is 0 Å². The molecule has 1 N–H and O–H groups in total. The first-order valence-electron chi connectivity index (χ1n) is 10.1. The van der Waals surface area contributed by atoms with Crippen molar-refractivity contribution >= 4 is 34.6 Å². The van der Waals surface area contributed by atoms with Crippen LogP contribution in [0.3, 0.4) is 0 Å².